The highest BCUT2D eigenvalue weighted by molar-refractivity contribution is 6.42. The van der Waals surface area contributed by atoms with Crippen molar-refractivity contribution >= 4 is 34.8 Å². The van der Waals surface area contributed by atoms with Crippen LogP contribution in [0.1, 0.15) is 5.56 Å². The molecule has 0 unspecified atom stereocenters. The van der Waals surface area contributed by atoms with Gasteiger partial charge in [-0.25, -0.2) is 0 Å². The molecule has 17 heavy (non-hydrogen) atoms. The van der Waals surface area contributed by atoms with Crippen LogP contribution in [-0.4, -0.2) is 0 Å². The molecule has 88 valence electrons. The second kappa shape index (κ2) is 5.28. The van der Waals surface area contributed by atoms with Gasteiger partial charge in [-0.2, -0.15) is 0 Å². The monoisotopic (exact) mass is 285 g/mol. The van der Waals surface area contributed by atoms with Crippen LogP contribution >= 0.6 is 34.8 Å². The summed E-state index contributed by atoms with van der Waals surface area (Å²) in [5.74, 6) is 0. The van der Waals surface area contributed by atoms with E-state index in [0.29, 0.717) is 21.6 Å². The quantitative estimate of drug-likeness (QED) is 0.845. The minimum absolute atomic E-state index is 0.427. The van der Waals surface area contributed by atoms with E-state index < -0.39 is 0 Å². The average Bonchev–Trinajstić information content (AvgIpc) is 2.32. The van der Waals surface area contributed by atoms with Crippen LogP contribution in [0.15, 0.2) is 36.4 Å². The molecule has 0 heterocycles. The molecule has 0 aliphatic heterocycles. The minimum atomic E-state index is 0.427. The maximum absolute atomic E-state index is 6.00. The van der Waals surface area contributed by atoms with Crippen LogP contribution in [0.2, 0.25) is 15.1 Å². The Morgan fingerprint density at radius 2 is 1.65 bits per heavy atom. The lowest BCUT2D eigenvalue weighted by Gasteiger charge is -2.09. The fourth-order valence-electron chi connectivity index (χ4n) is 1.68. The van der Waals surface area contributed by atoms with Crippen molar-refractivity contribution < 1.29 is 0 Å². The fourth-order valence-corrected chi connectivity index (χ4v) is 2.17. The molecule has 2 aromatic carbocycles. The Morgan fingerprint density at radius 1 is 0.882 bits per heavy atom. The lowest BCUT2D eigenvalue weighted by molar-refractivity contribution is 1.07. The van der Waals surface area contributed by atoms with Gasteiger partial charge in [0.1, 0.15) is 0 Å². The molecule has 2 N–H and O–H groups in total. The molecule has 4 heteroatoms. The molecule has 0 aliphatic rings. The first-order valence-corrected chi connectivity index (χ1v) is 6.19. The number of nitrogens with two attached hydrogens (primary N) is 1. The third kappa shape index (κ3) is 2.75. The van der Waals surface area contributed by atoms with E-state index in [9.17, 15) is 0 Å². The summed E-state index contributed by atoms with van der Waals surface area (Å²) in [6, 6.07) is 11.1. The lowest BCUT2D eigenvalue weighted by atomic mass is 10.00. The second-order valence-corrected chi connectivity index (χ2v) is 4.89. The number of rotatable bonds is 2. The van der Waals surface area contributed by atoms with Gasteiger partial charge in [-0.3, -0.25) is 0 Å². The summed E-state index contributed by atoms with van der Waals surface area (Å²) in [6.07, 6.45) is 0. The molecular weight excluding hydrogens is 277 g/mol. The van der Waals surface area contributed by atoms with Gasteiger partial charge in [0.15, 0.2) is 0 Å². The van der Waals surface area contributed by atoms with Gasteiger partial charge in [-0.15, -0.1) is 0 Å². The van der Waals surface area contributed by atoms with Crippen LogP contribution in [0.5, 0.6) is 0 Å². The average molecular weight is 287 g/mol. The summed E-state index contributed by atoms with van der Waals surface area (Å²) < 4.78 is 0. The van der Waals surface area contributed by atoms with Crippen LogP contribution in [0.3, 0.4) is 0 Å². The van der Waals surface area contributed by atoms with Gasteiger partial charge in [0.2, 0.25) is 0 Å². The fraction of sp³-hybridized carbons (Fsp3) is 0.0769. The molecule has 0 atom stereocenters. The largest absolute Gasteiger partial charge is 0.326 e. The summed E-state index contributed by atoms with van der Waals surface area (Å²) in [6.45, 7) is 0.427. The van der Waals surface area contributed by atoms with Crippen molar-refractivity contribution in [3.8, 4) is 11.1 Å². The third-order valence-electron chi connectivity index (χ3n) is 2.52. The topological polar surface area (TPSA) is 26.0 Å². The van der Waals surface area contributed by atoms with Crippen molar-refractivity contribution in [2.45, 2.75) is 6.54 Å². The van der Waals surface area contributed by atoms with Crippen LogP contribution in [0.4, 0.5) is 0 Å². The Hall–Kier alpha value is -0.730. The highest BCUT2D eigenvalue weighted by Gasteiger charge is 2.07. The molecule has 0 amide bonds. The smallest absolute Gasteiger partial charge is 0.0598 e. The van der Waals surface area contributed by atoms with Gasteiger partial charge < -0.3 is 5.73 Å². The molecule has 0 bridgehead atoms. The van der Waals surface area contributed by atoms with Gasteiger partial charge in [0, 0.05) is 11.6 Å². The summed E-state index contributed by atoms with van der Waals surface area (Å²) in [5.41, 5.74) is 8.70. The van der Waals surface area contributed by atoms with Crippen molar-refractivity contribution in [1.82, 2.24) is 0 Å². The van der Waals surface area contributed by atoms with Crippen molar-refractivity contribution in [3.05, 3.63) is 57.0 Å². The van der Waals surface area contributed by atoms with Gasteiger partial charge >= 0.3 is 0 Å². The van der Waals surface area contributed by atoms with E-state index in [1.54, 1.807) is 6.07 Å². The van der Waals surface area contributed by atoms with E-state index in [-0.39, 0.29) is 0 Å². The standard InChI is InChI=1S/C13H10Cl3N/c14-10-2-3-11(9(5-10)7-17)8-1-4-12(15)13(16)6-8/h1-6H,7,17H2. The summed E-state index contributed by atoms with van der Waals surface area (Å²) in [5, 5.41) is 1.75. The SMILES string of the molecule is NCc1cc(Cl)ccc1-c1ccc(Cl)c(Cl)c1. The van der Waals surface area contributed by atoms with Crippen LogP contribution in [0.25, 0.3) is 11.1 Å². The van der Waals surface area contributed by atoms with Crippen LogP contribution < -0.4 is 5.73 Å². The Bertz CT molecular complexity index is 552. The minimum Gasteiger partial charge on any atom is -0.326 e. The molecule has 0 radical (unpaired) electrons. The Kier molecular flexibility index (Phi) is 3.95. The van der Waals surface area contributed by atoms with Gasteiger partial charge in [-0.05, 0) is 41.0 Å². The summed E-state index contributed by atoms with van der Waals surface area (Å²) in [4.78, 5) is 0. The first-order chi connectivity index (χ1) is 8.11. The van der Waals surface area contributed by atoms with Crippen molar-refractivity contribution in [2.75, 3.05) is 0 Å². The van der Waals surface area contributed by atoms with E-state index in [4.69, 9.17) is 40.5 Å². The number of halogens is 3. The number of hydrogen-bond donors (Lipinski definition) is 1. The zero-order valence-electron chi connectivity index (χ0n) is 8.88. The van der Waals surface area contributed by atoms with Gasteiger partial charge in [0.25, 0.3) is 0 Å². The van der Waals surface area contributed by atoms with Crippen molar-refractivity contribution in [3.63, 3.8) is 0 Å². The Labute approximate surface area is 115 Å². The molecule has 0 saturated heterocycles. The zero-order valence-corrected chi connectivity index (χ0v) is 11.2. The number of benzene rings is 2. The van der Waals surface area contributed by atoms with Crippen molar-refractivity contribution in [1.29, 1.82) is 0 Å². The molecule has 0 fully saturated rings. The first-order valence-electron chi connectivity index (χ1n) is 5.05. The molecule has 0 aliphatic carbocycles. The molecule has 0 saturated carbocycles. The molecular formula is C13H10Cl3N. The first kappa shape index (κ1) is 12.7. The molecule has 2 aromatic rings. The number of hydrogen-bond acceptors (Lipinski definition) is 1. The Morgan fingerprint density at radius 3 is 2.29 bits per heavy atom. The van der Waals surface area contributed by atoms with Crippen LogP contribution in [0, 0.1) is 0 Å². The van der Waals surface area contributed by atoms with E-state index in [1.807, 2.05) is 30.3 Å². The molecule has 2 rings (SSSR count). The maximum Gasteiger partial charge on any atom is 0.0598 e. The maximum atomic E-state index is 6.00. The third-order valence-corrected chi connectivity index (χ3v) is 3.49. The predicted octanol–water partition coefficient (Wildman–Crippen LogP) is 4.77. The van der Waals surface area contributed by atoms with Gasteiger partial charge in [-0.1, -0.05) is 46.9 Å². The Balaban J connectivity index is 2.55. The highest BCUT2D eigenvalue weighted by atomic mass is 35.5. The zero-order chi connectivity index (χ0) is 12.4. The summed E-state index contributed by atoms with van der Waals surface area (Å²) in [7, 11) is 0. The van der Waals surface area contributed by atoms with Crippen LogP contribution in [-0.2, 0) is 6.54 Å². The molecule has 1 nitrogen and oxygen atoms in total. The second-order valence-electron chi connectivity index (χ2n) is 3.63. The molecule has 0 spiro atoms. The highest BCUT2D eigenvalue weighted by Crippen LogP contribution is 2.31. The van der Waals surface area contributed by atoms with E-state index >= 15 is 0 Å². The van der Waals surface area contributed by atoms with E-state index in [0.717, 1.165) is 16.7 Å². The normalized spacial score (nSPS) is 10.6. The lowest BCUT2D eigenvalue weighted by Crippen LogP contribution is -1.98. The summed E-state index contributed by atoms with van der Waals surface area (Å²) >= 11 is 17.8. The van der Waals surface area contributed by atoms with E-state index in [2.05, 4.69) is 0 Å². The predicted molar refractivity (Wildman–Crippen MR) is 74.8 cm³/mol. The van der Waals surface area contributed by atoms with Crippen molar-refractivity contribution in [2.24, 2.45) is 5.73 Å². The molecule has 0 aromatic heterocycles. The van der Waals surface area contributed by atoms with E-state index in [1.165, 1.54) is 0 Å². The van der Waals surface area contributed by atoms with Gasteiger partial charge in [0.05, 0.1) is 10.0 Å².